The smallest absolute Gasteiger partial charge is 0.465 e. The molecule has 0 bridgehead atoms. The van der Waals surface area contributed by atoms with Crippen LogP contribution in [0, 0.1) is 0 Å². The first-order chi connectivity index (χ1) is 18.0. The van der Waals surface area contributed by atoms with Crippen LogP contribution in [0.15, 0.2) is 60.7 Å². The van der Waals surface area contributed by atoms with Gasteiger partial charge in [0.15, 0.2) is 0 Å². The summed E-state index contributed by atoms with van der Waals surface area (Å²) < 4.78 is 39.2. The van der Waals surface area contributed by atoms with Gasteiger partial charge in [-0.1, -0.05) is 43.7 Å². The van der Waals surface area contributed by atoms with E-state index in [9.17, 15) is 9.36 Å². The van der Waals surface area contributed by atoms with E-state index in [4.69, 9.17) is 23.0 Å². The number of ether oxygens (including phenoxy) is 2. The zero-order chi connectivity index (χ0) is 26.6. The highest BCUT2D eigenvalue weighted by Gasteiger charge is 2.28. The number of methoxy groups -OCH3 is 1. The maximum atomic E-state index is 12.6. The highest BCUT2D eigenvalue weighted by atomic mass is 31.2. The van der Waals surface area contributed by atoms with Crippen molar-refractivity contribution < 1.29 is 32.4 Å². The van der Waals surface area contributed by atoms with E-state index in [-0.39, 0.29) is 5.75 Å². The van der Waals surface area contributed by atoms with Gasteiger partial charge in [-0.25, -0.2) is 9.36 Å². The van der Waals surface area contributed by atoms with Crippen molar-refractivity contribution in [2.75, 3.05) is 21.3 Å². The van der Waals surface area contributed by atoms with Crippen LogP contribution < -0.4 is 19.7 Å². The number of carbonyl (C=O) groups is 1. The minimum atomic E-state index is -3.75. The molecule has 1 heterocycles. The lowest BCUT2D eigenvalue weighted by molar-refractivity contribution is 0.0600. The topological polar surface area (TPSA) is 80.3 Å². The van der Waals surface area contributed by atoms with Gasteiger partial charge in [-0.05, 0) is 60.4 Å². The van der Waals surface area contributed by atoms with Gasteiger partial charge in [-0.2, -0.15) is 0 Å². The molecule has 1 aliphatic carbocycles. The Bertz CT molecular complexity index is 1480. The maximum Gasteiger partial charge on any atom is 0.529 e. The Morgan fingerprint density at radius 1 is 0.865 bits per heavy atom. The molecule has 1 fully saturated rings. The number of fused-ring (bicyclic) bond motifs is 2. The van der Waals surface area contributed by atoms with Crippen molar-refractivity contribution in [3.8, 4) is 17.2 Å². The van der Waals surface area contributed by atoms with E-state index >= 15 is 0 Å². The van der Waals surface area contributed by atoms with Crippen LogP contribution in [0.2, 0.25) is 0 Å². The molecule has 0 N–H and O–H groups in total. The Balaban J connectivity index is 0.00000156. The number of carbonyl (C=O) groups excluding carboxylic acids is 1. The molecule has 0 amide bonds. The summed E-state index contributed by atoms with van der Waals surface area (Å²) in [5.74, 6) is 1.01. The Hall–Kier alpha value is -3.38. The van der Waals surface area contributed by atoms with Crippen LogP contribution in [0.25, 0.3) is 11.1 Å². The second kappa shape index (κ2) is 11.3. The van der Waals surface area contributed by atoms with Crippen molar-refractivity contribution in [1.29, 1.82) is 0 Å². The monoisotopic (exact) mass is 522 g/mol. The van der Waals surface area contributed by atoms with Crippen LogP contribution in [0.1, 0.15) is 54.6 Å². The minimum Gasteiger partial charge on any atom is -0.465 e. The van der Waals surface area contributed by atoms with Crippen molar-refractivity contribution in [1.82, 2.24) is 0 Å². The third-order valence-corrected chi connectivity index (χ3v) is 7.65. The van der Waals surface area contributed by atoms with Gasteiger partial charge in [-0.15, -0.1) is 0 Å². The standard InChI is InChI=1S/C27H25O7P.C2H6/c1-30-27(28)21-10-5-4-9-20(21)26-22-13-11-18(17-7-6-8-17)15-24(22)33-25-16-19(12-14-23(25)26)34-35(29,31-2)32-3;1-2/h4-5,9-16H,6-8H2,1-3H3;1-2H3. The number of esters is 1. The molecule has 0 spiro atoms. The molecule has 2 aliphatic rings. The fourth-order valence-corrected chi connectivity index (χ4v) is 5.02. The average molecular weight is 523 g/mol. The lowest BCUT2D eigenvalue weighted by Crippen LogP contribution is -2.22. The van der Waals surface area contributed by atoms with Crippen LogP contribution in [-0.4, -0.2) is 27.3 Å². The molecule has 0 saturated heterocycles. The van der Waals surface area contributed by atoms with Gasteiger partial charge in [0, 0.05) is 36.6 Å². The molecular formula is C29H31O7P. The molecule has 0 aromatic heterocycles. The van der Waals surface area contributed by atoms with Crippen LogP contribution in [-0.2, 0) is 18.3 Å². The zero-order valence-corrected chi connectivity index (χ0v) is 22.6. The minimum absolute atomic E-state index is 0.268. The van der Waals surface area contributed by atoms with Crippen molar-refractivity contribution in [3.63, 3.8) is 0 Å². The summed E-state index contributed by atoms with van der Waals surface area (Å²) >= 11 is 0. The molecule has 5 rings (SSSR count). The van der Waals surface area contributed by atoms with Crippen molar-refractivity contribution >= 4 is 24.9 Å². The van der Waals surface area contributed by atoms with Crippen molar-refractivity contribution in [2.24, 2.45) is 0 Å². The third-order valence-electron chi connectivity index (χ3n) is 6.32. The first-order valence-electron chi connectivity index (χ1n) is 12.2. The quantitative estimate of drug-likeness (QED) is 0.228. The largest absolute Gasteiger partial charge is 0.529 e. The van der Waals surface area contributed by atoms with Crippen LogP contribution in [0.3, 0.4) is 0 Å². The number of hydrogen-bond donors (Lipinski definition) is 0. The summed E-state index contributed by atoms with van der Waals surface area (Å²) in [6.45, 7) is 4.00. The van der Waals surface area contributed by atoms with Gasteiger partial charge in [0.2, 0.25) is 0 Å². The second-order valence-electron chi connectivity index (χ2n) is 8.24. The number of benzene rings is 3. The van der Waals surface area contributed by atoms with Gasteiger partial charge in [0.05, 0.1) is 12.7 Å². The molecule has 1 saturated carbocycles. The summed E-state index contributed by atoms with van der Waals surface area (Å²) in [6, 6.07) is 18.6. The number of phosphoric ester groups is 1. The molecule has 8 heteroatoms. The van der Waals surface area contributed by atoms with Crippen molar-refractivity contribution in [2.45, 2.75) is 33.1 Å². The lowest BCUT2D eigenvalue weighted by atomic mass is 9.88. The molecule has 0 atom stereocenters. The van der Waals surface area contributed by atoms with E-state index in [0.717, 1.165) is 40.0 Å². The number of rotatable bonds is 6. The Morgan fingerprint density at radius 3 is 2.24 bits per heavy atom. The SMILES string of the molecule is CC.COC(=O)c1ccccc1C1=c2ccc(=C3CCC3)cc2Oc2cc(OP(=O)(OC)OC)ccc21. The predicted octanol–water partition coefficient (Wildman–Crippen LogP) is 5.97. The number of hydrogen-bond acceptors (Lipinski definition) is 7. The zero-order valence-electron chi connectivity index (χ0n) is 21.7. The highest BCUT2D eigenvalue weighted by Crippen LogP contribution is 2.49. The summed E-state index contributed by atoms with van der Waals surface area (Å²) in [4.78, 5) is 12.6. The van der Waals surface area contributed by atoms with Gasteiger partial charge in [0.25, 0.3) is 0 Å². The fourth-order valence-electron chi connectivity index (χ4n) is 4.35. The average Bonchev–Trinajstić information content (AvgIpc) is 2.91. The van der Waals surface area contributed by atoms with E-state index in [0.29, 0.717) is 17.1 Å². The fraction of sp³-hybridized carbons (Fsp3) is 0.276. The Morgan fingerprint density at radius 2 is 1.59 bits per heavy atom. The normalized spacial score (nSPS) is 13.8. The molecule has 0 radical (unpaired) electrons. The Labute approximate surface area is 216 Å². The summed E-state index contributed by atoms with van der Waals surface area (Å²) in [5.41, 5.74) is 4.17. The van der Waals surface area contributed by atoms with E-state index in [2.05, 4.69) is 6.07 Å². The molecule has 37 heavy (non-hydrogen) atoms. The maximum absolute atomic E-state index is 12.6. The molecular weight excluding hydrogens is 491 g/mol. The van der Waals surface area contributed by atoms with Crippen LogP contribution in [0.5, 0.6) is 17.2 Å². The molecule has 3 aromatic rings. The molecule has 3 aromatic carbocycles. The first kappa shape index (κ1) is 26.7. The van der Waals surface area contributed by atoms with Crippen molar-refractivity contribution in [3.05, 3.63) is 87.8 Å². The third kappa shape index (κ3) is 5.21. The van der Waals surface area contributed by atoms with Gasteiger partial charge in [0.1, 0.15) is 17.2 Å². The number of phosphoric acid groups is 1. The van der Waals surface area contributed by atoms with E-state index in [1.807, 2.05) is 38.1 Å². The summed E-state index contributed by atoms with van der Waals surface area (Å²) in [5, 5.41) is 2.01. The summed E-state index contributed by atoms with van der Waals surface area (Å²) in [6.07, 6.45) is 3.36. The molecule has 194 valence electrons. The molecule has 0 unspecified atom stereocenters. The molecule has 1 aliphatic heterocycles. The van der Waals surface area contributed by atoms with E-state index in [1.165, 1.54) is 33.3 Å². The lowest BCUT2D eigenvalue weighted by Gasteiger charge is -2.24. The van der Waals surface area contributed by atoms with Crippen LogP contribution >= 0.6 is 7.82 Å². The van der Waals surface area contributed by atoms with Gasteiger partial charge in [-0.3, -0.25) is 9.05 Å². The van der Waals surface area contributed by atoms with Crippen LogP contribution in [0.4, 0.5) is 0 Å². The predicted molar refractivity (Wildman–Crippen MR) is 142 cm³/mol. The van der Waals surface area contributed by atoms with Gasteiger partial charge >= 0.3 is 13.8 Å². The summed E-state index contributed by atoms with van der Waals surface area (Å²) in [7, 11) is 0.128. The second-order valence-corrected chi connectivity index (χ2v) is 10.1. The van der Waals surface area contributed by atoms with E-state index in [1.54, 1.807) is 30.3 Å². The Kier molecular flexibility index (Phi) is 8.18. The highest BCUT2D eigenvalue weighted by molar-refractivity contribution is 7.48. The molecule has 7 nitrogen and oxygen atoms in total. The van der Waals surface area contributed by atoms with Gasteiger partial charge < -0.3 is 14.0 Å². The first-order valence-corrected chi connectivity index (χ1v) is 13.7. The van der Waals surface area contributed by atoms with E-state index < -0.39 is 13.8 Å².